The molecule has 1 heterocycles. The predicted octanol–water partition coefficient (Wildman–Crippen LogP) is 4.57. The fourth-order valence-corrected chi connectivity index (χ4v) is 2.43. The van der Waals surface area contributed by atoms with Crippen molar-refractivity contribution in [3.63, 3.8) is 0 Å². The molecule has 1 aromatic carbocycles. The molecule has 17 heavy (non-hydrogen) atoms. The van der Waals surface area contributed by atoms with E-state index in [2.05, 4.69) is 4.98 Å². The van der Waals surface area contributed by atoms with Crippen LogP contribution in [0.3, 0.4) is 0 Å². The predicted molar refractivity (Wildman–Crippen MR) is 62.1 cm³/mol. The molecular weight excluding hydrogens is 271 g/mol. The van der Waals surface area contributed by atoms with E-state index < -0.39 is 11.1 Å². The van der Waals surface area contributed by atoms with Crippen molar-refractivity contribution >= 4 is 22.9 Å². The maximum Gasteiger partial charge on any atom is 0.427 e. The summed E-state index contributed by atoms with van der Waals surface area (Å²) in [6.45, 7) is 0. The van der Waals surface area contributed by atoms with E-state index in [0.717, 1.165) is 0 Å². The third-order valence-corrected chi connectivity index (χ3v) is 3.60. The number of thiazole rings is 1. The Hall–Kier alpha value is -1.07. The molecule has 1 nitrogen and oxygen atoms in total. The van der Waals surface area contributed by atoms with Crippen molar-refractivity contribution < 1.29 is 13.2 Å². The average Bonchev–Trinajstić information content (AvgIpc) is 2.74. The van der Waals surface area contributed by atoms with Crippen LogP contribution in [0.1, 0.15) is 9.88 Å². The lowest BCUT2D eigenvalue weighted by Crippen LogP contribution is -2.03. The molecule has 0 radical (unpaired) electrons. The minimum absolute atomic E-state index is 0.0133. The van der Waals surface area contributed by atoms with Gasteiger partial charge in [-0.3, -0.25) is 0 Å². The minimum Gasteiger partial charge on any atom is -0.239 e. The van der Waals surface area contributed by atoms with Crippen LogP contribution in [0.5, 0.6) is 0 Å². The van der Waals surface area contributed by atoms with Gasteiger partial charge in [0.2, 0.25) is 0 Å². The molecule has 0 N–H and O–H groups in total. The van der Waals surface area contributed by atoms with Crippen LogP contribution in [-0.4, -0.2) is 4.98 Å². The number of aromatic nitrogens is 1. The monoisotopic (exact) mass is 277 g/mol. The Bertz CT molecular complexity index is 507. The van der Waals surface area contributed by atoms with Crippen LogP contribution in [0.4, 0.5) is 13.2 Å². The van der Waals surface area contributed by atoms with Crippen LogP contribution in [-0.2, 0) is 12.1 Å². The topological polar surface area (TPSA) is 12.9 Å². The number of alkyl halides is 4. The molecule has 2 rings (SSSR count). The molecule has 0 saturated heterocycles. The number of halogens is 4. The summed E-state index contributed by atoms with van der Waals surface area (Å²) in [5.41, 5.74) is 0.409. The summed E-state index contributed by atoms with van der Waals surface area (Å²) in [7, 11) is 0. The zero-order chi connectivity index (χ0) is 12.5. The van der Waals surface area contributed by atoms with E-state index in [-0.39, 0.29) is 16.6 Å². The van der Waals surface area contributed by atoms with Crippen LogP contribution in [0.25, 0.3) is 11.3 Å². The third-order valence-electron chi connectivity index (χ3n) is 2.09. The first-order valence-corrected chi connectivity index (χ1v) is 6.05. The Morgan fingerprint density at radius 3 is 2.35 bits per heavy atom. The Labute approximate surface area is 105 Å². The Morgan fingerprint density at radius 1 is 1.18 bits per heavy atom. The van der Waals surface area contributed by atoms with E-state index in [9.17, 15) is 13.2 Å². The normalized spacial score (nSPS) is 11.8. The first-order valence-electron chi connectivity index (χ1n) is 4.70. The number of hydrogen-bond acceptors (Lipinski definition) is 2. The number of hydrogen-bond donors (Lipinski definition) is 0. The van der Waals surface area contributed by atoms with Crippen molar-refractivity contribution in [2.45, 2.75) is 12.1 Å². The molecule has 90 valence electrons. The van der Waals surface area contributed by atoms with Crippen LogP contribution in [0, 0.1) is 0 Å². The van der Waals surface area contributed by atoms with Crippen LogP contribution >= 0.6 is 22.9 Å². The van der Waals surface area contributed by atoms with Gasteiger partial charge in [0.15, 0.2) is 0 Å². The third kappa shape index (κ3) is 2.61. The average molecular weight is 278 g/mol. The zero-order valence-corrected chi connectivity index (χ0v) is 10.0. The summed E-state index contributed by atoms with van der Waals surface area (Å²) in [5.74, 6) is -0.0133. The van der Waals surface area contributed by atoms with Crippen molar-refractivity contribution in [3.8, 4) is 11.3 Å². The lowest BCUT2D eigenvalue weighted by molar-refractivity contribution is -0.134. The molecule has 2 aromatic rings. The Kier molecular flexibility index (Phi) is 3.40. The smallest absolute Gasteiger partial charge is 0.239 e. The van der Waals surface area contributed by atoms with Crippen molar-refractivity contribution in [3.05, 3.63) is 40.2 Å². The maximum absolute atomic E-state index is 12.8. The highest BCUT2D eigenvalue weighted by Crippen LogP contribution is 2.41. The molecule has 0 unspecified atom stereocenters. The lowest BCUT2D eigenvalue weighted by Gasteiger charge is -2.05. The summed E-state index contributed by atoms with van der Waals surface area (Å²) >= 11 is 6.12. The maximum atomic E-state index is 12.8. The van der Waals surface area contributed by atoms with Crippen molar-refractivity contribution in [2.24, 2.45) is 0 Å². The summed E-state index contributed by atoms with van der Waals surface area (Å²) in [4.78, 5) is 3.24. The number of nitrogens with zero attached hydrogens (tertiary/aromatic N) is 1. The summed E-state index contributed by atoms with van der Waals surface area (Å²) in [5, 5.41) is 0.276. The molecule has 0 amide bonds. The standard InChI is InChI=1S/C11H7ClF3NS/c12-6-8-16-9(7-4-2-1-3-5-7)10(17-8)11(13,14)15/h1-5H,6H2. The van der Waals surface area contributed by atoms with E-state index in [0.29, 0.717) is 16.9 Å². The fourth-order valence-electron chi connectivity index (χ4n) is 1.41. The van der Waals surface area contributed by atoms with E-state index >= 15 is 0 Å². The highest BCUT2D eigenvalue weighted by atomic mass is 35.5. The van der Waals surface area contributed by atoms with Crippen LogP contribution in [0.2, 0.25) is 0 Å². The Balaban J connectivity index is 2.57. The molecule has 0 spiro atoms. The molecule has 0 fully saturated rings. The number of benzene rings is 1. The van der Waals surface area contributed by atoms with Crippen LogP contribution < -0.4 is 0 Å². The SMILES string of the molecule is FC(F)(F)c1sc(CCl)nc1-c1ccccc1. The molecular formula is C11H7ClF3NS. The van der Waals surface area contributed by atoms with Gasteiger partial charge in [-0.1, -0.05) is 30.3 Å². The van der Waals surface area contributed by atoms with Gasteiger partial charge in [-0.05, 0) is 0 Å². The van der Waals surface area contributed by atoms with Gasteiger partial charge in [0, 0.05) is 5.56 Å². The largest absolute Gasteiger partial charge is 0.427 e. The van der Waals surface area contributed by atoms with Gasteiger partial charge < -0.3 is 0 Å². The molecule has 0 atom stereocenters. The highest BCUT2D eigenvalue weighted by molar-refractivity contribution is 7.12. The van der Waals surface area contributed by atoms with Gasteiger partial charge in [-0.15, -0.1) is 22.9 Å². The minimum atomic E-state index is -4.40. The quantitative estimate of drug-likeness (QED) is 0.733. The van der Waals surface area contributed by atoms with E-state index in [1.165, 1.54) is 0 Å². The van der Waals surface area contributed by atoms with Gasteiger partial charge in [0.05, 0.1) is 11.6 Å². The van der Waals surface area contributed by atoms with Gasteiger partial charge in [-0.25, -0.2) is 4.98 Å². The molecule has 0 aliphatic rings. The highest BCUT2D eigenvalue weighted by Gasteiger charge is 2.37. The molecule has 1 aromatic heterocycles. The van der Waals surface area contributed by atoms with Gasteiger partial charge in [0.25, 0.3) is 0 Å². The first-order chi connectivity index (χ1) is 8.02. The molecule has 0 bridgehead atoms. The molecule has 0 aliphatic heterocycles. The van der Waals surface area contributed by atoms with Crippen molar-refractivity contribution in [2.75, 3.05) is 0 Å². The Morgan fingerprint density at radius 2 is 1.82 bits per heavy atom. The van der Waals surface area contributed by atoms with Crippen molar-refractivity contribution in [1.29, 1.82) is 0 Å². The summed E-state index contributed by atoms with van der Waals surface area (Å²) < 4.78 is 38.4. The van der Waals surface area contributed by atoms with Gasteiger partial charge in [-0.2, -0.15) is 13.2 Å². The van der Waals surface area contributed by atoms with Gasteiger partial charge >= 0.3 is 6.18 Å². The molecule has 0 aliphatic carbocycles. The zero-order valence-electron chi connectivity index (χ0n) is 8.46. The lowest BCUT2D eigenvalue weighted by atomic mass is 10.1. The summed E-state index contributed by atoms with van der Waals surface area (Å²) in [6, 6.07) is 8.29. The van der Waals surface area contributed by atoms with Crippen molar-refractivity contribution in [1.82, 2.24) is 4.98 Å². The number of rotatable bonds is 2. The second-order valence-corrected chi connectivity index (χ2v) is 4.63. The van der Waals surface area contributed by atoms with Crippen LogP contribution in [0.15, 0.2) is 30.3 Å². The second-order valence-electron chi connectivity index (χ2n) is 3.28. The molecule has 6 heteroatoms. The van der Waals surface area contributed by atoms with E-state index in [1.807, 2.05) is 0 Å². The fraction of sp³-hybridized carbons (Fsp3) is 0.182. The molecule has 0 saturated carbocycles. The van der Waals surface area contributed by atoms with Gasteiger partial charge in [0.1, 0.15) is 9.88 Å². The summed E-state index contributed by atoms with van der Waals surface area (Å²) in [6.07, 6.45) is -4.40. The van der Waals surface area contributed by atoms with E-state index in [4.69, 9.17) is 11.6 Å². The van der Waals surface area contributed by atoms with E-state index in [1.54, 1.807) is 30.3 Å². The second kappa shape index (κ2) is 4.66. The first kappa shape index (κ1) is 12.4.